The van der Waals surface area contributed by atoms with Crippen LogP contribution in [0.2, 0.25) is 0 Å². The fraction of sp³-hybridized carbons (Fsp3) is 0.474. The Morgan fingerprint density at radius 3 is 2.74 bits per heavy atom. The quantitative estimate of drug-likeness (QED) is 0.851. The highest BCUT2D eigenvalue weighted by Crippen LogP contribution is 2.30. The molecule has 1 N–H and O–H groups in total. The molecule has 1 aliphatic heterocycles. The van der Waals surface area contributed by atoms with Crippen LogP contribution in [0.15, 0.2) is 30.5 Å². The highest BCUT2D eigenvalue weighted by molar-refractivity contribution is 7.86. The molecule has 0 aliphatic carbocycles. The van der Waals surface area contributed by atoms with E-state index in [1.807, 2.05) is 38.1 Å². The SMILES string of the molecule is Cc1cc(Nc2ncccc2C)cc([C@@H]2CCCN(S(=O)(=O)N(C)C)C2)n1. The van der Waals surface area contributed by atoms with E-state index in [-0.39, 0.29) is 5.92 Å². The van der Waals surface area contributed by atoms with Gasteiger partial charge in [0.25, 0.3) is 10.2 Å². The number of anilines is 2. The number of pyridine rings is 2. The number of hydrogen-bond donors (Lipinski definition) is 1. The van der Waals surface area contributed by atoms with Gasteiger partial charge in [-0.15, -0.1) is 0 Å². The Labute approximate surface area is 161 Å². The summed E-state index contributed by atoms with van der Waals surface area (Å²) in [5, 5.41) is 3.36. The standard InChI is InChI=1S/C19H27N5O2S/c1-14-7-5-9-20-19(14)22-17-11-15(2)21-18(12-17)16-8-6-10-24(13-16)27(25,26)23(3)4/h5,7,9,11-12,16H,6,8,10,13H2,1-4H3,(H,20,21,22)/t16-/m1/s1. The molecule has 0 saturated carbocycles. The Kier molecular flexibility index (Phi) is 5.78. The maximum Gasteiger partial charge on any atom is 0.281 e. The van der Waals surface area contributed by atoms with Gasteiger partial charge >= 0.3 is 0 Å². The average Bonchev–Trinajstić information content (AvgIpc) is 2.63. The highest BCUT2D eigenvalue weighted by Gasteiger charge is 2.31. The Morgan fingerprint density at radius 1 is 1.26 bits per heavy atom. The van der Waals surface area contributed by atoms with Crippen LogP contribution in [0.4, 0.5) is 11.5 Å². The largest absolute Gasteiger partial charge is 0.340 e. The monoisotopic (exact) mass is 389 g/mol. The van der Waals surface area contributed by atoms with Gasteiger partial charge in [0.1, 0.15) is 5.82 Å². The van der Waals surface area contributed by atoms with Crippen molar-refractivity contribution in [3.05, 3.63) is 47.4 Å². The second-order valence-corrected chi connectivity index (χ2v) is 9.35. The Hall–Kier alpha value is -2.03. The van der Waals surface area contributed by atoms with E-state index in [0.29, 0.717) is 13.1 Å². The number of nitrogens with one attached hydrogen (secondary N) is 1. The molecule has 3 rings (SSSR count). The molecule has 0 spiro atoms. The minimum atomic E-state index is -3.40. The van der Waals surface area contributed by atoms with E-state index in [1.165, 1.54) is 4.31 Å². The Balaban J connectivity index is 1.84. The van der Waals surface area contributed by atoms with Crippen molar-refractivity contribution in [1.82, 2.24) is 18.6 Å². The van der Waals surface area contributed by atoms with Crippen molar-refractivity contribution in [2.24, 2.45) is 0 Å². The van der Waals surface area contributed by atoms with Gasteiger partial charge in [-0.3, -0.25) is 4.98 Å². The molecule has 3 heterocycles. The number of rotatable bonds is 5. The van der Waals surface area contributed by atoms with Crippen molar-refractivity contribution < 1.29 is 8.42 Å². The van der Waals surface area contributed by atoms with Crippen LogP contribution in [0.1, 0.15) is 35.7 Å². The van der Waals surface area contributed by atoms with Crippen molar-refractivity contribution in [2.75, 3.05) is 32.5 Å². The van der Waals surface area contributed by atoms with Crippen LogP contribution >= 0.6 is 0 Å². The summed E-state index contributed by atoms with van der Waals surface area (Å²) in [6.07, 6.45) is 3.52. The fourth-order valence-corrected chi connectivity index (χ4v) is 4.54. The molecule has 0 amide bonds. The van der Waals surface area contributed by atoms with E-state index in [0.717, 1.165) is 41.3 Å². The van der Waals surface area contributed by atoms with Crippen molar-refractivity contribution in [3.8, 4) is 0 Å². The second kappa shape index (κ2) is 7.92. The number of aryl methyl sites for hydroxylation is 2. The Bertz CT molecular complexity index is 914. The van der Waals surface area contributed by atoms with E-state index in [1.54, 1.807) is 24.6 Å². The van der Waals surface area contributed by atoms with Gasteiger partial charge in [-0.2, -0.15) is 17.0 Å². The fourth-order valence-electron chi connectivity index (χ4n) is 3.35. The van der Waals surface area contributed by atoms with E-state index in [2.05, 4.69) is 15.3 Å². The first kappa shape index (κ1) is 19.7. The molecule has 1 saturated heterocycles. The lowest BCUT2D eigenvalue weighted by atomic mass is 9.95. The van der Waals surface area contributed by atoms with E-state index >= 15 is 0 Å². The highest BCUT2D eigenvalue weighted by atomic mass is 32.2. The predicted molar refractivity (Wildman–Crippen MR) is 107 cm³/mol. The molecule has 0 bridgehead atoms. The summed E-state index contributed by atoms with van der Waals surface area (Å²) in [6, 6.07) is 7.91. The molecule has 1 atom stereocenters. The normalized spacial score (nSPS) is 18.6. The van der Waals surface area contributed by atoms with E-state index in [4.69, 9.17) is 0 Å². The third-order valence-electron chi connectivity index (χ3n) is 4.84. The van der Waals surface area contributed by atoms with Gasteiger partial charge < -0.3 is 5.32 Å². The number of nitrogens with zero attached hydrogens (tertiary/aromatic N) is 4. The van der Waals surface area contributed by atoms with Crippen LogP contribution in [0.3, 0.4) is 0 Å². The molecule has 7 nitrogen and oxygen atoms in total. The summed E-state index contributed by atoms with van der Waals surface area (Å²) in [6.45, 7) is 4.98. The van der Waals surface area contributed by atoms with Gasteiger partial charge in [0, 0.05) is 56.4 Å². The van der Waals surface area contributed by atoms with Crippen molar-refractivity contribution in [3.63, 3.8) is 0 Å². The maximum absolute atomic E-state index is 12.5. The Morgan fingerprint density at radius 2 is 2.04 bits per heavy atom. The predicted octanol–water partition coefficient (Wildman–Crippen LogP) is 2.82. The summed E-state index contributed by atoms with van der Waals surface area (Å²) in [4.78, 5) is 9.07. The third-order valence-corrected chi connectivity index (χ3v) is 6.74. The molecule has 1 fully saturated rings. The number of aromatic nitrogens is 2. The summed E-state index contributed by atoms with van der Waals surface area (Å²) >= 11 is 0. The molecule has 2 aromatic heterocycles. The molecule has 146 valence electrons. The average molecular weight is 390 g/mol. The topological polar surface area (TPSA) is 78.4 Å². The van der Waals surface area contributed by atoms with E-state index in [9.17, 15) is 8.42 Å². The van der Waals surface area contributed by atoms with Gasteiger partial charge in [0.2, 0.25) is 0 Å². The number of piperidine rings is 1. The smallest absolute Gasteiger partial charge is 0.281 e. The summed E-state index contributed by atoms with van der Waals surface area (Å²) in [5.74, 6) is 0.897. The molecular formula is C19H27N5O2S. The van der Waals surface area contributed by atoms with Crippen LogP contribution in [0.25, 0.3) is 0 Å². The first-order chi connectivity index (χ1) is 12.8. The molecule has 1 aliphatic rings. The molecule has 2 aromatic rings. The maximum atomic E-state index is 12.5. The first-order valence-corrected chi connectivity index (χ1v) is 10.5. The molecule has 0 radical (unpaired) electrons. The van der Waals surface area contributed by atoms with Crippen LogP contribution in [-0.2, 0) is 10.2 Å². The van der Waals surface area contributed by atoms with Gasteiger partial charge in [-0.05, 0) is 50.5 Å². The van der Waals surface area contributed by atoms with E-state index < -0.39 is 10.2 Å². The zero-order valence-corrected chi connectivity index (χ0v) is 17.1. The van der Waals surface area contributed by atoms with Gasteiger partial charge in [-0.25, -0.2) is 4.98 Å². The molecule has 8 heteroatoms. The van der Waals surface area contributed by atoms with Crippen molar-refractivity contribution in [1.29, 1.82) is 0 Å². The lowest BCUT2D eigenvalue weighted by molar-refractivity contribution is 0.296. The molecule has 0 aromatic carbocycles. The lowest BCUT2D eigenvalue weighted by Gasteiger charge is -2.33. The lowest BCUT2D eigenvalue weighted by Crippen LogP contribution is -2.45. The van der Waals surface area contributed by atoms with Crippen molar-refractivity contribution >= 4 is 21.7 Å². The second-order valence-electron chi connectivity index (χ2n) is 7.20. The third kappa shape index (κ3) is 4.45. The first-order valence-electron chi connectivity index (χ1n) is 9.12. The summed E-state index contributed by atoms with van der Waals surface area (Å²) in [7, 11) is -0.261. The van der Waals surface area contributed by atoms with Gasteiger partial charge in [0.15, 0.2) is 0 Å². The van der Waals surface area contributed by atoms with Crippen LogP contribution < -0.4 is 5.32 Å². The molecule has 0 unspecified atom stereocenters. The van der Waals surface area contributed by atoms with Crippen LogP contribution in [-0.4, -0.2) is 54.2 Å². The minimum absolute atomic E-state index is 0.0822. The summed E-state index contributed by atoms with van der Waals surface area (Å²) in [5.41, 5.74) is 3.81. The molecular weight excluding hydrogens is 362 g/mol. The summed E-state index contributed by atoms with van der Waals surface area (Å²) < 4.78 is 27.8. The zero-order valence-electron chi connectivity index (χ0n) is 16.3. The number of hydrogen-bond acceptors (Lipinski definition) is 5. The zero-order chi connectivity index (χ0) is 19.6. The van der Waals surface area contributed by atoms with Gasteiger partial charge in [-0.1, -0.05) is 6.07 Å². The minimum Gasteiger partial charge on any atom is -0.340 e. The van der Waals surface area contributed by atoms with Crippen LogP contribution in [0, 0.1) is 13.8 Å². The van der Waals surface area contributed by atoms with Gasteiger partial charge in [0.05, 0.1) is 0 Å². The van der Waals surface area contributed by atoms with Crippen molar-refractivity contribution in [2.45, 2.75) is 32.6 Å². The van der Waals surface area contributed by atoms with Crippen LogP contribution in [0.5, 0.6) is 0 Å². The molecule has 27 heavy (non-hydrogen) atoms.